The first-order valence-electron chi connectivity index (χ1n) is 6.34. The molecule has 2 N–H and O–H groups in total. The number of nitrogens with zero attached hydrogens (tertiary/aromatic N) is 1. The fourth-order valence-electron chi connectivity index (χ4n) is 2.01. The fraction of sp³-hybridized carbons (Fsp3) is 0.188. The van der Waals surface area contributed by atoms with E-state index in [0.29, 0.717) is 12.1 Å². The highest BCUT2D eigenvalue weighted by atomic mass is 19.1. The van der Waals surface area contributed by atoms with Crippen molar-refractivity contribution in [3.63, 3.8) is 0 Å². The number of anilines is 1. The SMILES string of the molecule is N#Cc1cc(F)ccc1NC(CO)Cc1ccccc1. The summed E-state index contributed by atoms with van der Waals surface area (Å²) in [7, 11) is 0. The van der Waals surface area contributed by atoms with E-state index in [0.717, 1.165) is 5.56 Å². The van der Waals surface area contributed by atoms with Gasteiger partial charge < -0.3 is 10.4 Å². The van der Waals surface area contributed by atoms with Crippen LogP contribution in [0.15, 0.2) is 48.5 Å². The highest BCUT2D eigenvalue weighted by Gasteiger charge is 2.11. The average Bonchev–Trinajstić information content (AvgIpc) is 2.49. The van der Waals surface area contributed by atoms with Crippen molar-refractivity contribution >= 4 is 5.69 Å². The first-order chi connectivity index (χ1) is 9.72. The first-order valence-corrected chi connectivity index (χ1v) is 6.34. The number of hydrogen-bond donors (Lipinski definition) is 2. The molecule has 0 saturated heterocycles. The van der Waals surface area contributed by atoms with E-state index in [4.69, 9.17) is 5.26 Å². The summed E-state index contributed by atoms with van der Waals surface area (Å²) in [6, 6.07) is 15.4. The molecule has 2 aromatic rings. The molecule has 0 amide bonds. The molecular formula is C16H15FN2O. The van der Waals surface area contributed by atoms with Gasteiger partial charge in [-0.1, -0.05) is 30.3 Å². The van der Waals surface area contributed by atoms with E-state index in [9.17, 15) is 9.50 Å². The minimum Gasteiger partial charge on any atom is -0.394 e. The lowest BCUT2D eigenvalue weighted by atomic mass is 10.1. The van der Waals surface area contributed by atoms with E-state index in [2.05, 4.69) is 5.32 Å². The summed E-state index contributed by atoms with van der Waals surface area (Å²) in [5.74, 6) is -0.448. The molecule has 2 rings (SSSR count). The molecular weight excluding hydrogens is 255 g/mol. The summed E-state index contributed by atoms with van der Waals surface area (Å²) in [5, 5.41) is 21.5. The molecule has 1 atom stereocenters. The number of benzene rings is 2. The van der Waals surface area contributed by atoms with Crippen molar-refractivity contribution in [3.05, 3.63) is 65.5 Å². The van der Waals surface area contributed by atoms with E-state index >= 15 is 0 Å². The molecule has 2 aromatic carbocycles. The molecule has 0 saturated carbocycles. The average molecular weight is 270 g/mol. The van der Waals surface area contributed by atoms with Gasteiger partial charge in [-0.15, -0.1) is 0 Å². The highest BCUT2D eigenvalue weighted by Crippen LogP contribution is 2.18. The Kier molecular flexibility index (Phi) is 4.70. The fourth-order valence-corrected chi connectivity index (χ4v) is 2.01. The van der Waals surface area contributed by atoms with Crippen molar-refractivity contribution in [1.29, 1.82) is 5.26 Å². The van der Waals surface area contributed by atoms with Crippen molar-refractivity contribution in [2.45, 2.75) is 12.5 Å². The summed E-state index contributed by atoms with van der Waals surface area (Å²) in [4.78, 5) is 0. The molecule has 0 aliphatic carbocycles. The van der Waals surface area contributed by atoms with Crippen LogP contribution in [0.25, 0.3) is 0 Å². The second-order valence-electron chi connectivity index (χ2n) is 4.52. The predicted octanol–water partition coefficient (Wildman–Crippen LogP) is 2.71. The molecule has 3 nitrogen and oxygen atoms in total. The quantitative estimate of drug-likeness (QED) is 0.878. The lowest BCUT2D eigenvalue weighted by Crippen LogP contribution is -2.26. The van der Waals surface area contributed by atoms with Crippen molar-refractivity contribution in [2.24, 2.45) is 0 Å². The molecule has 1 unspecified atom stereocenters. The van der Waals surface area contributed by atoms with Gasteiger partial charge in [0, 0.05) is 0 Å². The van der Waals surface area contributed by atoms with E-state index in [-0.39, 0.29) is 18.2 Å². The van der Waals surface area contributed by atoms with Crippen LogP contribution in [0, 0.1) is 17.1 Å². The number of nitriles is 1. The van der Waals surface area contributed by atoms with Gasteiger partial charge >= 0.3 is 0 Å². The molecule has 0 aliphatic rings. The minimum absolute atomic E-state index is 0.0723. The van der Waals surface area contributed by atoms with Gasteiger partial charge in [0.05, 0.1) is 23.9 Å². The van der Waals surface area contributed by atoms with Crippen LogP contribution < -0.4 is 5.32 Å². The maximum absolute atomic E-state index is 13.1. The number of nitrogens with one attached hydrogen (secondary N) is 1. The van der Waals surface area contributed by atoms with Gasteiger partial charge in [-0.25, -0.2) is 4.39 Å². The molecule has 0 radical (unpaired) electrons. The van der Waals surface area contributed by atoms with Crippen LogP contribution in [-0.2, 0) is 6.42 Å². The Morgan fingerprint density at radius 3 is 2.60 bits per heavy atom. The maximum Gasteiger partial charge on any atom is 0.124 e. The Hall–Kier alpha value is -2.38. The lowest BCUT2D eigenvalue weighted by molar-refractivity contribution is 0.273. The molecule has 102 valence electrons. The number of aliphatic hydroxyl groups is 1. The zero-order valence-electron chi connectivity index (χ0n) is 10.9. The van der Waals surface area contributed by atoms with E-state index in [1.807, 2.05) is 36.4 Å². The van der Waals surface area contributed by atoms with Gasteiger partial charge in [0.25, 0.3) is 0 Å². The van der Waals surface area contributed by atoms with Crippen LogP contribution in [0.2, 0.25) is 0 Å². The predicted molar refractivity (Wildman–Crippen MR) is 75.8 cm³/mol. The zero-order valence-corrected chi connectivity index (χ0v) is 10.9. The van der Waals surface area contributed by atoms with Gasteiger partial charge in [-0.2, -0.15) is 5.26 Å². The molecule has 0 aliphatic heterocycles. The van der Waals surface area contributed by atoms with Crippen LogP contribution in [0.4, 0.5) is 10.1 Å². The van der Waals surface area contributed by atoms with Gasteiger partial charge in [0.2, 0.25) is 0 Å². The van der Waals surface area contributed by atoms with Crippen molar-refractivity contribution in [1.82, 2.24) is 0 Å². The zero-order chi connectivity index (χ0) is 14.4. The number of aliphatic hydroxyl groups excluding tert-OH is 1. The number of halogens is 1. The monoisotopic (exact) mass is 270 g/mol. The standard InChI is InChI=1S/C16H15FN2O/c17-14-6-7-16(13(9-14)10-18)19-15(11-20)8-12-4-2-1-3-5-12/h1-7,9,15,19-20H,8,11H2. The van der Waals surface area contributed by atoms with Gasteiger partial charge in [-0.05, 0) is 30.2 Å². The molecule has 0 spiro atoms. The summed E-state index contributed by atoms with van der Waals surface area (Å²) in [6.45, 7) is -0.0723. The van der Waals surface area contributed by atoms with E-state index < -0.39 is 5.82 Å². The summed E-state index contributed by atoms with van der Waals surface area (Å²) >= 11 is 0. The molecule has 0 heterocycles. The van der Waals surface area contributed by atoms with Crippen LogP contribution in [0.5, 0.6) is 0 Å². The van der Waals surface area contributed by atoms with Gasteiger partial charge in [0.1, 0.15) is 11.9 Å². The van der Waals surface area contributed by atoms with Gasteiger partial charge in [-0.3, -0.25) is 0 Å². The topological polar surface area (TPSA) is 56.0 Å². The third-order valence-electron chi connectivity index (χ3n) is 3.01. The van der Waals surface area contributed by atoms with Crippen molar-refractivity contribution < 1.29 is 9.50 Å². The van der Waals surface area contributed by atoms with Crippen molar-refractivity contribution in [3.8, 4) is 6.07 Å². The Morgan fingerprint density at radius 1 is 1.20 bits per heavy atom. The minimum atomic E-state index is -0.448. The Morgan fingerprint density at radius 2 is 1.95 bits per heavy atom. The second kappa shape index (κ2) is 6.69. The van der Waals surface area contributed by atoms with Gasteiger partial charge in [0.15, 0.2) is 0 Å². The van der Waals surface area contributed by atoms with Crippen molar-refractivity contribution in [2.75, 3.05) is 11.9 Å². The van der Waals surface area contributed by atoms with Crippen LogP contribution >= 0.6 is 0 Å². The molecule has 0 bridgehead atoms. The summed E-state index contributed by atoms with van der Waals surface area (Å²) < 4.78 is 13.1. The molecule has 20 heavy (non-hydrogen) atoms. The van der Waals surface area contributed by atoms with Crippen LogP contribution in [-0.4, -0.2) is 17.8 Å². The molecule has 0 aromatic heterocycles. The smallest absolute Gasteiger partial charge is 0.124 e. The molecule has 0 fully saturated rings. The van der Waals surface area contributed by atoms with Crippen LogP contribution in [0.3, 0.4) is 0 Å². The first kappa shape index (κ1) is 14.0. The summed E-state index contributed by atoms with van der Waals surface area (Å²) in [5.41, 5.74) is 1.85. The Labute approximate surface area is 117 Å². The Bertz CT molecular complexity index is 608. The maximum atomic E-state index is 13.1. The Balaban J connectivity index is 2.13. The second-order valence-corrected chi connectivity index (χ2v) is 4.52. The normalized spacial score (nSPS) is 11.7. The lowest BCUT2D eigenvalue weighted by Gasteiger charge is -2.18. The summed E-state index contributed by atoms with van der Waals surface area (Å²) in [6.07, 6.45) is 0.625. The van der Waals surface area contributed by atoms with Crippen LogP contribution in [0.1, 0.15) is 11.1 Å². The number of rotatable bonds is 5. The third-order valence-corrected chi connectivity index (χ3v) is 3.01. The number of hydrogen-bond acceptors (Lipinski definition) is 3. The molecule has 4 heteroatoms. The van der Waals surface area contributed by atoms with E-state index in [1.165, 1.54) is 18.2 Å². The highest BCUT2D eigenvalue weighted by molar-refractivity contribution is 5.58. The third kappa shape index (κ3) is 3.56. The largest absolute Gasteiger partial charge is 0.394 e. The van der Waals surface area contributed by atoms with E-state index in [1.54, 1.807) is 0 Å².